The van der Waals surface area contributed by atoms with Crippen molar-refractivity contribution in [3.63, 3.8) is 0 Å². The van der Waals surface area contributed by atoms with E-state index in [1.165, 1.54) is 11.3 Å². The summed E-state index contributed by atoms with van der Waals surface area (Å²) in [5.74, 6) is -0.425. The fourth-order valence-corrected chi connectivity index (χ4v) is 1.81. The van der Waals surface area contributed by atoms with Crippen LogP contribution in [0.5, 0.6) is 0 Å². The van der Waals surface area contributed by atoms with Crippen LogP contribution in [0, 0.1) is 12.3 Å². The Bertz CT molecular complexity index is 439. The number of amides is 1. The van der Waals surface area contributed by atoms with E-state index in [4.69, 9.17) is 10.9 Å². The molecule has 1 amide bonds. The average Bonchev–Trinajstić information content (AvgIpc) is 2.70. The second-order valence-electron chi connectivity index (χ2n) is 4.18. The van der Waals surface area contributed by atoms with Crippen molar-refractivity contribution in [3.05, 3.63) is 16.1 Å². The molecule has 6 nitrogen and oxygen atoms in total. The number of oxime groups is 1. The molecule has 1 rings (SSSR count). The number of aromatic nitrogens is 1. The van der Waals surface area contributed by atoms with Gasteiger partial charge in [-0.05, 0) is 20.8 Å². The Morgan fingerprint density at radius 1 is 1.71 bits per heavy atom. The second-order valence-corrected chi connectivity index (χ2v) is 5.12. The monoisotopic (exact) mass is 256 g/mol. The van der Waals surface area contributed by atoms with Crippen LogP contribution >= 0.6 is 11.3 Å². The first-order valence-corrected chi connectivity index (χ1v) is 5.93. The third kappa shape index (κ3) is 3.16. The van der Waals surface area contributed by atoms with Gasteiger partial charge in [-0.2, -0.15) is 0 Å². The molecule has 0 saturated carbocycles. The van der Waals surface area contributed by atoms with Crippen molar-refractivity contribution in [2.45, 2.75) is 27.3 Å². The van der Waals surface area contributed by atoms with Gasteiger partial charge in [0.15, 0.2) is 5.84 Å². The molecule has 17 heavy (non-hydrogen) atoms. The van der Waals surface area contributed by atoms with Crippen LogP contribution < -0.4 is 11.1 Å². The van der Waals surface area contributed by atoms with E-state index >= 15 is 0 Å². The molecule has 0 aliphatic rings. The van der Waals surface area contributed by atoms with Gasteiger partial charge in [-0.15, -0.1) is 11.3 Å². The molecular formula is C10H16N4O2S. The van der Waals surface area contributed by atoms with Crippen LogP contribution in [0.3, 0.4) is 0 Å². The Balaban J connectivity index is 2.61. The van der Waals surface area contributed by atoms with E-state index in [-0.39, 0.29) is 11.7 Å². The lowest BCUT2D eigenvalue weighted by molar-refractivity contribution is -0.126. The van der Waals surface area contributed by atoms with E-state index in [0.29, 0.717) is 6.54 Å². The molecule has 0 bridgehead atoms. The van der Waals surface area contributed by atoms with E-state index in [2.05, 4.69) is 15.5 Å². The zero-order valence-electron chi connectivity index (χ0n) is 10.0. The summed E-state index contributed by atoms with van der Waals surface area (Å²) >= 11 is 1.48. The van der Waals surface area contributed by atoms with Crippen molar-refractivity contribution in [2.75, 3.05) is 0 Å². The third-order valence-electron chi connectivity index (χ3n) is 2.38. The molecule has 1 aromatic rings. The number of aryl methyl sites for hydroxylation is 1. The summed E-state index contributed by atoms with van der Waals surface area (Å²) in [4.78, 5) is 16.1. The number of hydrogen-bond donors (Lipinski definition) is 3. The summed E-state index contributed by atoms with van der Waals surface area (Å²) in [5.41, 5.74) is 5.34. The molecule has 0 fully saturated rings. The van der Waals surface area contributed by atoms with Crippen molar-refractivity contribution in [1.82, 2.24) is 10.3 Å². The standard InChI is InChI=1S/C10H16N4O2S/c1-6-5-17-7(13-6)4-12-9(15)10(2,3)8(11)14-16/h5,16H,4H2,1-3H3,(H2,11,14)(H,12,15). The van der Waals surface area contributed by atoms with Gasteiger partial charge in [0.05, 0.1) is 6.54 Å². The fraction of sp³-hybridized carbons (Fsp3) is 0.500. The summed E-state index contributed by atoms with van der Waals surface area (Å²) < 4.78 is 0. The lowest BCUT2D eigenvalue weighted by Gasteiger charge is -2.21. The van der Waals surface area contributed by atoms with Gasteiger partial charge in [0, 0.05) is 11.1 Å². The van der Waals surface area contributed by atoms with Gasteiger partial charge in [-0.3, -0.25) is 4.79 Å². The number of thiazole rings is 1. The summed E-state index contributed by atoms with van der Waals surface area (Å²) in [6.45, 7) is 5.41. The van der Waals surface area contributed by atoms with E-state index in [9.17, 15) is 4.79 Å². The molecule has 0 aliphatic carbocycles. The smallest absolute Gasteiger partial charge is 0.233 e. The lowest BCUT2D eigenvalue weighted by Crippen LogP contribution is -2.45. The third-order valence-corrected chi connectivity index (χ3v) is 3.35. The Labute approximate surface area is 104 Å². The first-order chi connectivity index (χ1) is 7.87. The average molecular weight is 256 g/mol. The topological polar surface area (TPSA) is 101 Å². The highest BCUT2D eigenvalue weighted by Gasteiger charge is 2.32. The molecule has 0 radical (unpaired) electrons. The van der Waals surface area contributed by atoms with Crippen molar-refractivity contribution in [3.8, 4) is 0 Å². The van der Waals surface area contributed by atoms with Crippen LogP contribution in [-0.4, -0.2) is 21.9 Å². The van der Waals surface area contributed by atoms with Gasteiger partial charge in [0.2, 0.25) is 5.91 Å². The molecule has 1 heterocycles. The van der Waals surface area contributed by atoms with Crippen LogP contribution in [0.15, 0.2) is 10.5 Å². The normalized spacial score (nSPS) is 12.5. The molecule has 1 aromatic heterocycles. The maximum absolute atomic E-state index is 11.8. The van der Waals surface area contributed by atoms with Gasteiger partial charge in [-0.1, -0.05) is 5.16 Å². The summed E-state index contributed by atoms with van der Waals surface area (Å²) in [6, 6.07) is 0. The Kier molecular flexibility index (Phi) is 4.06. The van der Waals surface area contributed by atoms with E-state index < -0.39 is 5.41 Å². The second kappa shape index (κ2) is 5.13. The summed E-state index contributed by atoms with van der Waals surface area (Å²) in [7, 11) is 0. The van der Waals surface area contributed by atoms with Crippen molar-refractivity contribution in [2.24, 2.45) is 16.3 Å². The van der Waals surface area contributed by atoms with Gasteiger partial charge in [-0.25, -0.2) is 4.98 Å². The number of nitrogens with one attached hydrogen (secondary N) is 1. The zero-order chi connectivity index (χ0) is 13.1. The van der Waals surface area contributed by atoms with Crippen LogP contribution in [-0.2, 0) is 11.3 Å². The fourth-order valence-electron chi connectivity index (χ4n) is 1.10. The van der Waals surface area contributed by atoms with Crippen LogP contribution in [0.4, 0.5) is 0 Å². The van der Waals surface area contributed by atoms with Gasteiger partial charge in [0.25, 0.3) is 0 Å². The van der Waals surface area contributed by atoms with Crippen LogP contribution in [0.25, 0.3) is 0 Å². The van der Waals surface area contributed by atoms with Gasteiger partial charge < -0.3 is 16.3 Å². The number of carbonyl (C=O) groups excluding carboxylic acids is 1. The number of hydrogen-bond acceptors (Lipinski definition) is 5. The zero-order valence-corrected chi connectivity index (χ0v) is 10.8. The predicted octanol–water partition coefficient (Wildman–Crippen LogP) is 0.840. The number of nitrogens with two attached hydrogens (primary N) is 1. The van der Waals surface area contributed by atoms with Crippen molar-refractivity contribution >= 4 is 23.1 Å². The summed E-state index contributed by atoms with van der Waals surface area (Å²) in [5, 5.41) is 16.9. The SMILES string of the molecule is Cc1csc(CNC(=O)C(C)(C)C(N)=NO)n1. The Hall–Kier alpha value is -1.63. The van der Waals surface area contributed by atoms with Crippen molar-refractivity contribution < 1.29 is 10.0 Å². The minimum Gasteiger partial charge on any atom is -0.409 e. The van der Waals surface area contributed by atoms with Gasteiger partial charge in [0.1, 0.15) is 10.4 Å². The Morgan fingerprint density at radius 2 is 2.35 bits per heavy atom. The number of nitrogens with zero attached hydrogens (tertiary/aromatic N) is 2. The molecule has 0 aliphatic heterocycles. The van der Waals surface area contributed by atoms with Gasteiger partial charge >= 0.3 is 0 Å². The largest absolute Gasteiger partial charge is 0.409 e. The molecule has 0 atom stereocenters. The first-order valence-electron chi connectivity index (χ1n) is 5.05. The van der Waals surface area contributed by atoms with E-state index in [1.54, 1.807) is 13.8 Å². The number of amidine groups is 1. The molecule has 0 spiro atoms. The quantitative estimate of drug-likeness (QED) is 0.321. The van der Waals surface area contributed by atoms with E-state index in [0.717, 1.165) is 10.7 Å². The number of carbonyl (C=O) groups is 1. The van der Waals surface area contributed by atoms with Crippen LogP contribution in [0.1, 0.15) is 24.5 Å². The minimum atomic E-state index is -1.04. The first kappa shape index (κ1) is 13.4. The molecule has 0 saturated heterocycles. The van der Waals surface area contributed by atoms with Crippen molar-refractivity contribution in [1.29, 1.82) is 0 Å². The van der Waals surface area contributed by atoms with Crippen LogP contribution in [0.2, 0.25) is 0 Å². The highest BCUT2D eigenvalue weighted by molar-refractivity contribution is 7.09. The molecule has 0 unspecified atom stereocenters. The maximum atomic E-state index is 11.8. The van der Waals surface area contributed by atoms with E-state index in [1.807, 2.05) is 12.3 Å². The maximum Gasteiger partial charge on any atom is 0.233 e. The molecule has 94 valence electrons. The predicted molar refractivity (Wildman–Crippen MR) is 65.9 cm³/mol. The molecule has 0 aromatic carbocycles. The highest BCUT2D eigenvalue weighted by Crippen LogP contribution is 2.16. The minimum absolute atomic E-state index is 0.120. The number of rotatable bonds is 4. The molecular weight excluding hydrogens is 240 g/mol. The highest BCUT2D eigenvalue weighted by atomic mass is 32.1. The summed E-state index contributed by atoms with van der Waals surface area (Å²) in [6.07, 6.45) is 0. The molecule has 7 heteroatoms. The Morgan fingerprint density at radius 3 is 2.82 bits per heavy atom. The molecule has 4 N–H and O–H groups in total. The lowest BCUT2D eigenvalue weighted by atomic mass is 9.91.